The third kappa shape index (κ3) is 5.84. The highest BCUT2D eigenvalue weighted by Gasteiger charge is 2.16. The monoisotopic (exact) mass is 614 g/mol. The lowest BCUT2D eigenvalue weighted by molar-refractivity contribution is 1.28. The van der Waals surface area contributed by atoms with Gasteiger partial charge in [0.15, 0.2) is 0 Å². The second kappa shape index (κ2) is 13.2. The van der Waals surface area contributed by atoms with Crippen molar-refractivity contribution in [3.05, 3.63) is 206 Å². The van der Waals surface area contributed by atoms with Crippen LogP contribution in [0, 0.1) is 0 Å². The Morgan fingerprint density at radius 3 is 0.771 bits per heavy atom. The molecule has 0 spiro atoms. The fourth-order valence-electron chi connectivity index (χ4n) is 6.50. The molecule has 228 valence electrons. The van der Waals surface area contributed by atoms with Gasteiger partial charge in [0.2, 0.25) is 0 Å². The van der Waals surface area contributed by atoms with Crippen LogP contribution >= 0.6 is 0 Å². The standard InChI is InChI=1S/C46H34N2/c1-5-17-39(18-6-1)47(40-19-7-2-8-20-40)43-29-25-35(26-30-43)45-33-37-15-13-14-16-38(37)34-46(45)36-27-31-44(32-28-36)48(41-21-9-3-10-22-41)42-23-11-4-12-24-42/h1-34H. The topological polar surface area (TPSA) is 6.48 Å². The zero-order valence-corrected chi connectivity index (χ0v) is 26.5. The number of hydrogen-bond acceptors (Lipinski definition) is 2. The van der Waals surface area contributed by atoms with Crippen molar-refractivity contribution in [3.63, 3.8) is 0 Å². The highest BCUT2D eigenvalue weighted by molar-refractivity contribution is 5.97. The Hall–Kier alpha value is -6.38. The van der Waals surface area contributed by atoms with E-state index in [2.05, 4.69) is 216 Å². The minimum absolute atomic E-state index is 1.12. The van der Waals surface area contributed by atoms with E-state index in [-0.39, 0.29) is 0 Å². The molecule has 0 unspecified atom stereocenters. The minimum Gasteiger partial charge on any atom is -0.311 e. The lowest BCUT2D eigenvalue weighted by atomic mass is 9.91. The molecule has 0 heterocycles. The summed E-state index contributed by atoms with van der Waals surface area (Å²) in [7, 11) is 0. The van der Waals surface area contributed by atoms with Crippen molar-refractivity contribution in [2.75, 3.05) is 9.80 Å². The van der Waals surface area contributed by atoms with Crippen LogP contribution in [0.15, 0.2) is 206 Å². The predicted octanol–water partition coefficient (Wildman–Crippen LogP) is 13.1. The third-order valence-corrected chi connectivity index (χ3v) is 8.82. The molecule has 8 aromatic carbocycles. The predicted molar refractivity (Wildman–Crippen MR) is 204 cm³/mol. The fourth-order valence-corrected chi connectivity index (χ4v) is 6.50. The molecule has 8 aromatic rings. The molecule has 48 heavy (non-hydrogen) atoms. The summed E-state index contributed by atoms with van der Waals surface area (Å²) in [4.78, 5) is 4.60. The summed E-state index contributed by atoms with van der Waals surface area (Å²) in [6.45, 7) is 0. The summed E-state index contributed by atoms with van der Waals surface area (Å²) < 4.78 is 0. The van der Waals surface area contributed by atoms with Crippen LogP contribution in [0.2, 0.25) is 0 Å². The maximum absolute atomic E-state index is 2.33. The molecule has 0 bridgehead atoms. The van der Waals surface area contributed by atoms with E-state index in [4.69, 9.17) is 0 Å². The Kier molecular flexibility index (Phi) is 7.96. The summed E-state index contributed by atoms with van der Waals surface area (Å²) >= 11 is 0. The van der Waals surface area contributed by atoms with Crippen molar-refractivity contribution in [1.82, 2.24) is 0 Å². The maximum atomic E-state index is 2.33. The van der Waals surface area contributed by atoms with Crippen molar-refractivity contribution < 1.29 is 0 Å². The van der Waals surface area contributed by atoms with Gasteiger partial charge in [-0.3, -0.25) is 0 Å². The first kappa shape index (κ1) is 29.1. The second-order valence-electron chi connectivity index (χ2n) is 11.9. The fraction of sp³-hybridized carbons (Fsp3) is 0. The SMILES string of the molecule is c1ccc(N(c2ccccc2)c2ccc(-c3cc4ccccc4cc3-c3ccc(N(c4ccccc4)c4ccccc4)cc3)cc2)cc1. The Labute approximate surface area is 282 Å². The number of anilines is 6. The normalized spacial score (nSPS) is 10.9. The summed E-state index contributed by atoms with van der Waals surface area (Å²) in [5.74, 6) is 0. The van der Waals surface area contributed by atoms with Gasteiger partial charge >= 0.3 is 0 Å². The zero-order chi connectivity index (χ0) is 32.1. The summed E-state index contributed by atoms with van der Waals surface area (Å²) in [5, 5.41) is 2.46. The van der Waals surface area contributed by atoms with E-state index in [0.717, 1.165) is 34.1 Å². The summed E-state index contributed by atoms with van der Waals surface area (Å²) in [6, 6.07) is 73.4. The number of para-hydroxylation sites is 4. The van der Waals surface area contributed by atoms with Gasteiger partial charge in [0.05, 0.1) is 0 Å². The number of benzene rings is 8. The van der Waals surface area contributed by atoms with E-state index in [1.54, 1.807) is 0 Å². The molecule has 0 N–H and O–H groups in total. The largest absolute Gasteiger partial charge is 0.311 e. The van der Waals surface area contributed by atoms with Crippen molar-refractivity contribution in [2.45, 2.75) is 0 Å². The van der Waals surface area contributed by atoms with Crippen LogP contribution in [-0.4, -0.2) is 0 Å². The molecule has 0 aliphatic carbocycles. The Bertz CT molecular complexity index is 2000. The van der Waals surface area contributed by atoms with E-state index < -0.39 is 0 Å². The molecule has 0 aliphatic heterocycles. The Balaban J connectivity index is 1.20. The molecule has 0 saturated carbocycles. The average Bonchev–Trinajstić information content (AvgIpc) is 3.17. The van der Waals surface area contributed by atoms with Crippen LogP contribution in [0.4, 0.5) is 34.1 Å². The Morgan fingerprint density at radius 1 is 0.229 bits per heavy atom. The number of nitrogens with zero attached hydrogens (tertiary/aromatic N) is 2. The van der Waals surface area contributed by atoms with E-state index in [1.807, 2.05) is 0 Å². The lowest BCUT2D eigenvalue weighted by Gasteiger charge is -2.26. The van der Waals surface area contributed by atoms with Gasteiger partial charge in [0.25, 0.3) is 0 Å². The molecular weight excluding hydrogens is 581 g/mol. The van der Waals surface area contributed by atoms with E-state index in [9.17, 15) is 0 Å². The van der Waals surface area contributed by atoms with Gasteiger partial charge in [-0.2, -0.15) is 0 Å². The summed E-state index contributed by atoms with van der Waals surface area (Å²) in [6.07, 6.45) is 0. The van der Waals surface area contributed by atoms with Crippen LogP contribution in [-0.2, 0) is 0 Å². The van der Waals surface area contributed by atoms with Gasteiger partial charge < -0.3 is 9.80 Å². The van der Waals surface area contributed by atoms with Gasteiger partial charge in [0, 0.05) is 34.1 Å². The van der Waals surface area contributed by atoms with Crippen LogP contribution < -0.4 is 9.80 Å². The van der Waals surface area contributed by atoms with E-state index >= 15 is 0 Å². The highest BCUT2D eigenvalue weighted by Crippen LogP contribution is 2.41. The van der Waals surface area contributed by atoms with Crippen molar-refractivity contribution in [3.8, 4) is 22.3 Å². The number of fused-ring (bicyclic) bond motifs is 1. The summed E-state index contributed by atoms with van der Waals surface area (Å²) in [5.41, 5.74) is 11.5. The lowest BCUT2D eigenvalue weighted by Crippen LogP contribution is -2.09. The van der Waals surface area contributed by atoms with Crippen molar-refractivity contribution in [1.29, 1.82) is 0 Å². The number of hydrogen-bond donors (Lipinski definition) is 0. The first-order valence-electron chi connectivity index (χ1n) is 16.4. The molecule has 8 rings (SSSR count). The van der Waals surface area contributed by atoms with Gasteiger partial charge in [-0.15, -0.1) is 0 Å². The molecule has 0 aromatic heterocycles. The van der Waals surface area contributed by atoms with Crippen LogP contribution in [0.1, 0.15) is 0 Å². The molecule has 0 atom stereocenters. The minimum atomic E-state index is 1.12. The van der Waals surface area contributed by atoms with Gasteiger partial charge in [-0.05, 0) is 118 Å². The molecule has 2 heteroatoms. The molecular formula is C46H34N2. The third-order valence-electron chi connectivity index (χ3n) is 8.82. The molecule has 0 aliphatic rings. The average molecular weight is 615 g/mol. The number of rotatable bonds is 8. The maximum Gasteiger partial charge on any atom is 0.0462 e. The Morgan fingerprint density at radius 2 is 0.479 bits per heavy atom. The van der Waals surface area contributed by atoms with Crippen LogP contribution in [0.25, 0.3) is 33.0 Å². The van der Waals surface area contributed by atoms with Gasteiger partial charge in [-0.25, -0.2) is 0 Å². The van der Waals surface area contributed by atoms with E-state index in [1.165, 1.54) is 33.0 Å². The second-order valence-corrected chi connectivity index (χ2v) is 11.9. The highest BCUT2D eigenvalue weighted by atomic mass is 15.1. The van der Waals surface area contributed by atoms with Crippen LogP contribution in [0.5, 0.6) is 0 Å². The van der Waals surface area contributed by atoms with Crippen LogP contribution in [0.3, 0.4) is 0 Å². The van der Waals surface area contributed by atoms with Crippen molar-refractivity contribution >= 4 is 44.9 Å². The van der Waals surface area contributed by atoms with Gasteiger partial charge in [0.1, 0.15) is 0 Å². The quantitative estimate of drug-likeness (QED) is 0.168. The molecule has 0 saturated heterocycles. The smallest absolute Gasteiger partial charge is 0.0462 e. The van der Waals surface area contributed by atoms with E-state index in [0.29, 0.717) is 0 Å². The van der Waals surface area contributed by atoms with Gasteiger partial charge in [-0.1, -0.05) is 121 Å². The molecule has 2 nitrogen and oxygen atoms in total. The zero-order valence-electron chi connectivity index (χ0n) is 26.5. The first-order chi connectivity index (χ1) is 23.8. The molecule has 0 radical (unpaired) electrons. The molecule has 0 amide bonds. The van der Waals surface area contributed by atoms with Crippen molar-refractivity contribution in [2.24, 2.45) is 0 Å². The molecule has 0 fully saturated rings. The first-order valence-corrected chi connectivity index (χ1v) is 16.4.